The van der Waals surface area contributed by atoms with Crippen molar-refractivity contribution in [1.82, 2.24) is 10.2 Å². The normalized spacial score (nSPS) is 10.5. The molecule has 11 heteroatoms. The van der Waals surface area contributed by atoms with E-state index in [0.29, 0.717) is 43.7 Å². The highest BCUT2D eigenvalue weighted by molar-refractivity contribution is 8.01. The van der Waals surface area contributed by atoms with Crippen LogP contribution in [0.25, 0.3) is 0 Å². The molecular formula is C19H20N4O5S2. The third kappa shape index (κ3) is 5.30. The van der Waals surface area contributed by atoms with E-state index in [-0.39, 0.29) is 17.6 Å². The van der Waals surface area contributed by atoms with Gasteiger partial charge in [0.25, 0.3) is 5.91 Å². The van der Waals surface area contributed by atoms with E-state index in [4.69, 9.17) is 13.9 Å². The second kappa shape index (κ2) is 9.63. The fourth-order valence-corrected chi connectivity index (χ4v) is 4.10. The highest BCUT2D eigenvalue weighted by Crippen LogP contribution is 2.30. The minimum atomic E-state index is -0.318. The maximum Gasteiger partial charge on any atom is 0.261 e. The Labute approximate surface area is 181 Å². The highest BCUT2D eigenvalue weighted by Gasteiger charge is 2.16. The first-order valence-corrected chi connectivity index (χ1v) is 10.6. The van der Waals surface area contributed by atoms with Gasteiger partial charge in [-0.2, -0.15) is 0 Å². The number of methoxy groups -OCH3 is 2. The summed E-state index contributed by atoms with van der Waals surface area (Å²) < 4.78 is 16.3. The molecule has 0 saturated heterocycles. The number of rotatable bonds is 8. The van der Waals surface area contributed by atoms with Crippen molar-refractivity contribution in [2.45, 2.75) is 18.2 Å². The first-order chi connectivity index (χ1) is 14.4. The molecule has 2 heterocycles. The van der Waals surface area contributed by atoms with Crippen LogP contribution in [0.15, 0.2) is 33.0 Å². The summed E-state index contributed by atoms with van der Waals surface area (Å²) in [5.74, 6) is 1.90. The number of furan rings is 1. The number of ether oxygens (including phenoxy) is 2. The molecule has 0 bridgehead atoms. The molecule has 30 heavy (non-hydrogen) atoms. The lowest BCUT2D eigenvalue weighted by Crippen LogP contribution is -2.14. The third-order valence-corrected chi connectivity index (χ3v) is 5.89. The number of anilines is 2. The van der Waals surface area contributed by atoms with Gasteiger partial charge in [0.2, 0.25) is 11.0 Å². The number of aryl methyl sites for hydroxylation is 2. The van der Waals surface area contributed by atoms with Gasteiger partial charge in [-0.15, -0.1) is 10.2 Å². The molecule has 3 aromatic rings. The third-order valence-electron chi connectivity index (χ3n) is 3.92. The summed E-state index contributed by atoms with van der Waals surface area (Å²) >= 11 is 2.40. The smallest absolute Gasteiger partial charge is 0.261 e. The minimum absolute atomic E-state index is 0.123. The summed E-state index contributed by atoms with van der Waals surface area (Å²) in [6, 6.07) is 6.79. The lowest BCUT2D eigenvalue weighted by atomic mass is 10.2. The molecule has 0 atom stereocenters. The van der Waals surface area contributed by atoms with Gasteiger partial charge in [0.15, 0.2) is 4.34 Å². The maximum atomic E-state index is 12.3. The molecular weight excluding hydrogens is 428 g/mol. The number of carbonyl (C=O) groups excluding carboxylic acids is 2. The van der Waals surface area contributed by atoms with Crippen LogP contribution in [0, 0.1) is 13.8 Å². The van der Waals surface area contributed by atoms with Crippen LogP contribution >= 0.6 is 23.1 Å². The summed E-state index contributed by atoms with van der Waals surface area (Å²) in [6.07, 6.45) is 0. The molecule has 0 aliphatic rings. The molecule has 9 nitrogen and oxygen atoms in total. The van der Waals surface area contributed by atoms with Crippen molar-refractivity contribution in [1.29, 1.82) is 0 Å². The molecule has 2 aromatic heterocycles. The standard InChI is InChI=1S/C19H20N4O5S2/c1-10-7-13(11(2)28-10)17(25)21-18-22-23-19(30-18)29-9-16(24)20-14-6-5-12(26-3)8-15(14)27-4/h5-8H,9H2,1-4H3,(H,20,24)(H,21,22,25). The first-order valence-electron chi connectivity index (χ1n) is 8.76. The fourth-order valence-electron chi connectivity index (χ4n) is 2.55. The molecule has 0 saturated carbocycles. The summed E-state index contributed by atoms with van der Waals surface area (Å²) in [5, 5.41) is 13.8. The molecule has 2 N–H and O–H groups in total. The van der Waals surface area contributed by atoms with Crippen molar-refractivity contribution < 1.29 is 23.5 Å². The Morgan fingerprint density at radius 2 is 1.93 bits per heavy atom. The van der Waals surface area contributed by atoms with E-state index in [1.54, 1.807) is 45.2 Å². The predicted molar refractivity (Wildman–Crippen MR) is 115 cm³/mol. The maximum absolute atomic E-state index is 12.3. The average molecular weight is 449 g/mol. The van der Waals surface area contributed by atoms with Gasteiger partial charge in [0, 0.05) is 6.07 Å². The van der Waals surface area contributed by atoms with Crippen LogP contribution in [0.4, 0.5) is 10.8 Å². The summed E-state index contributed by atoms with van der Waals surface area (Å²) in [5.41, 5.74) is 0.990. The second-order valence-corrected chi connectivity index (χ2v) is 8.26. The highest BCUT2D eigenvalue weighted by atomic mass is 32.2. The van der Waals surface area contributed by atoms with Crippen LogP contribution in [0.2, 0.25) is 0 Å². The Balaban J connectivity index is 1.54. The zero-order valence-corrected chi connectivity index (χ0v) is 18.4. The Morgan fingerprint density at radius 1 is 1.13 bits per heavy atom. The Hall–Kier alpha value is -3.05. The topological polar surface area (TPSA) is 116 Å². The fraction of sp³-hybridized carbons (Fsp3) is 0.263. The predicted octanol–water partition coefficient (Wildman–Crippen LogP) is 3.75. The van der Waals surface area contributed by atoms with Crippen molar-refractivity contribution in [3.8, 4) is 11.5 Å². The number of nitrogens with zero attached hydrogens (tertiary/aromatic N) is 2. The van der Waals surface area contributed by atoms with Gasteiger partial charge in [0.1, 0.15) is 23.0 Å². The van der Waals surface area contributed by atoms with Crippen LogP contribution in [-0.2, 0) is 4.79 Å². The number of thioether (sulfide) groups is 1. The van der Waals surface area contributed by atoms with Crippen molar-refractivity contribution in [2.24, 2.45) is 0 Å². The Morgan fingerprint density at radius 3 is 2.60 bits per heavy atom. The minimum Gasteiger partial charge on any atom is -0.497 e. The van der Waals surface area contributed by atoms with Gasteiger partial charge in [0.05, 0.1) is 31.2 Å². The molecule has 0 radical (unpaired) electrons. The molecule has 1 aromatic carbocycles. The summed E-state index contributed by atoms with van der Waals surface area (Å²) in [6.45, 7) is 3.50. The monoisotopic (exact) mass is 448 g/mol. The molecule has 2 amide bonds. The van der Waals surface area contributed by atoms with Gasteiger partial charge >= 0.3 is 0 Å². The van der Waals surface area contributed by atoms with Crippen LogP contribution < -0.4 is 20.1 Å². The molecule has 0 fully saturated rings. The van der Waals surface area contributed by atoms with Crippen LogP contribution in [0.5, 0.6) is 11.5 Å². The molecule has 0 unspecified atom stereocenters. The van der Waals surface area contributed by atoms with Crippen molar-refractivity contribution in [3.05, 3.63) is 41.3 Å². The van der Waals surface area contributed by atoms with E-state index in [1.807, 2.05) is 0 Å². The lowest BCUT2D eigenvalue weighted by molar-refractivity contribution is -0.113. The molecule has 0 aliphatic heterocycles. The zero-order valence-electron chi connectivity index (χ0n) is 16.8. The largest absolute Gasteiger partial charge is 0.497 e. The van der Waals surface area contributed by atoms with Crippen molar-refractivity contribution in [2.75, 3.05) is 30.6 Å². The molecule has 0 spiro atoms. The van der Waals surface area contributed by atoms with Crippen LogP contribution in [0.3, 0.4) is 0 Å². The van der Waals surface area contributed by atoms with Gasteiger partial charge in [-0.3, -0.25) is 14.9 Å². The van der Waals surface area contributed by atoms with Crippen molar-refractivity contribution >= 4 is 45.7 Å². The number of aromatic nitrogens is 2. The zero-order chi connectivity index (χ0) is 21.7. The van der Waals surface area contributed by atoms with E-state index >= 15 is 0 Å². The molecule has 0 aliphatic carbocycles. The molecule has 158 valence electrons. The van der Waals surface area contributed by atoms with E-state index in [1.165, 1.54) is 30.2 Å². The van der Waals surface area contributed by atoms with Crippen molar-refractivity contribution in [3.63, 3.8) is 0 Å². The van der Waals surface area contributed by atoms with Gasteiger partial charge < -0.3 is 19.2 Å². The molecule has 3 rings (SSSR count). The van der Waals surface area contributed by atoms with Crippen LogP contribution in [0.1, 0.15) is 21.9 Å². The van der Waals surface area contributed by atoms with E-state index < -0.39 is 0 Å². The average Bonchev–Trinajstić information content (AvgIpc) is 3.31. The number of amides is 2. The first kappa shape index (κ1) is 21.7. The van der Waals surface area contributed by atoms with Gasteiger partial charge in [-0.25, -0.2) is 0 Å². The number of nitrogens with one attached hydrogen (secondary N) is 2. The van der Waals surface area contributed by atoms with E-state index in [9.17, 15) is 9.59 Å². The number of carbonyl (C=O) groups is 2. The number of hydrogen-bond acceptors (Lipinski definition) is 9. The lowest BCUT2D eigenvalue weighted by Gasteiger charge is -2.11. The van der Waals surface area contributed by atoms with Gasteiger partial charge in [-0.05, 0) is 32.0 Å². The van der Waals surface area contributed by atoms with E-state index in [2.05, 4.69) is 20.8 Å². The summed E-state index contributed by atoms with van der Waals surface area (Å²) in [4.78, 5) is 24.6. The van der Waals surface area contributed by atoms with E-state index in [0.717, 1.165) is 0 Å². The SMILES string of the molecule is COc1ccc(NC(=O)CSc2nnc(NC(=O)c3cc(C)oc3C)s2)c(OC)c1. The van der Waals surface area contributed by atoms with Gasteiger partial charge in [-0.1, -0.05) is 23.1 Å². The summed E-state index contributed by atoms with van der Waals surface area (Å²) in [7, 11) is 3.07. The number of hydrogen-bond donors (Lipinski definition) is 2. The Kier molecular flexibility index (Phi) is 6.95. The second-order valence-electron chi connectivity index (χ2n) is 6.06. The van der Waals surface area contributed by atoms with Crippen LogP contribution in [-0.4, -0.2) is 42.0 Å². The number of benzene rings is 1. The Bertz CT molecular complexity index is 1060. The quantitative estimate of drug-likeness (QED) is 0.395.